The third-order valence-electron chi connectivity index (χ3n) is 3.59. The number of pyridine rings is 2. The van der Waals surface area contributed by atoms with Gasteiger partial charge in [0.05, 0.1) is 23.3 Å². The molecule has 1 aromatic carbocycles. The van der Waals surface area contributed by atoms with Crippen molar-refractivity contribution in [2.24, 2.45) is 0 Å². The Labute approximate surface area is 136 Å². The Morgan fingerprint density at radius 1 is 0.739 bits per heavy atom. The van der Waals surface area contributed by atoms with Crippen LogP contribution in [0.25, 0.3) is 0 Å². The summed E-state index contributed by atoms with van der Waals surface area (Å²) in [4.78, 5) is 11.2. The normalized spacial score (nSPS) is 10.8. The minimum Gasteiger partial charge on any atom is -0.397 e. The van der Waals surface area contributed by atoms with E-state index in [1.807, 2.05) is 36.5 Å². The zero-order valence-electron chi connectivity index (χ0n) is 13.0. The first-order valence-electron chi connectivity index (χ1n) is 7.66. The molecule has 116 valence electrons. The molecule has 4 heteroatoms. The maximum atomic E-state index is 5.72. The number of anilines is 1. The lowest BCUT2D eigenvalue weighted by Crippen LogP contribution is -2.23. The van der Waals surface area contributed by atoms with Crippen molar-refractivity contribution in [3.8, 4) is 0 Å². The zero-order valence-corrected chi connectivity index (χ0v) is 13.0. The van der Waals surface area contributed by atoms with Gasteiger partial charge in [-0.1, -0.05) is 36.4 Å². The molecule has 0 aliphatic heterocycles. The van der Waals surface area contributed by atoms with Gasteiger partial charge in [0.25, 0.3) is 0 Å². The summed E-state index contributed by atoms with van der Waals surface area (Å²) in [5.74, 6) is 0. The summed E-state index contributed by atoms with van der Waals surface area (Å²) in [6.45, 7) is 2.39. The molecule has 0 saturated carbocycles. The predicted molar refractivity (Wildman–Crippen MR) is 92.3 cm³/mol. The maximum absolute atomic E-state index is 5.72. The van der Waals surface area contributed by atoms with E-state index in [-0.39, 0.29) is 0 Å². The highest BCUT2D eigenvalue weighted by Crippen LogP contribution is 2.12. The van der Waals surface area contributed by atoms with Gasteiger partial charge in [0.2, 0.25) is 0 Å². The number of benzene rings is 1. The summed E-state index contributed by atoms with van der Waals surface area (Å²) in [5, 5.41) is 0. The lowest BCUT2D eigenvalue weighted by Gasteiger charge is -2.22. The maximum Gasteiger partial charge on any atom is 0.0545 e. The smallest absolute Gasteiger partial charge is 0.0545 e. The van der Waals surface area contributed by atoms with E-state index < -0.39 is 0 Å². The van der Waals surface area contributed by atoms with Crippen molar-refractivity contribution in [3.63, 3.8) is 0 Å². The Morgan fingerprint density at radius 3 is 2.13 bits per heavy atom. The highest BCUT2D eigenvalue weighted by Gasteiger charge is 2.09. The molecule has 2 N–H and O–H groups in total. The molecule has 3 aromatic rings. The highest BCUT2D eigenvalue weighted by molar-refractivity contribution is 5.34. The van der Waals surface area contributed by atoms with Crippen LogP contribution in [0.3, 0.4) is 0 Å². The van der Waals surface area contributed by atoms with Gasteiger partial charge in [-0.2, -0.15) is 0 Å². The van der Waals surface area contributed by atoms with Crippen LogP contribution in [0, 0.1) is 0 Å². The molecule has 2 heterocycles. The Balaban J connectivity index is 1.76. The zero-order chi connectivity index (χ0) is 15.9. The van der Waals surface area contributed by atoms with Gasteiger partial charge in [0, 0.05) is 25.8 Å². The fraction of sp³-hybridized carbons (Fsp3) is 0.158. The molecule has 0 spiro atoms. The van der Waals surface area contributed by atoms with E-state index in [1.54, 1.807) is 6.20 Å². The van der Waals surface area contributed by atoms with Crippen LogP contribution < -0.4 is 5.73 Å². The summed E-state index contributed by atoms with van der Waals surface area (Å²) in [6, 6.07) is 20.3. The van der Waals surface area contributed by atoms with Crippen LogP contribution in [0.5, 0.6) is 0 Å². The third kappa shape index (κ3) is 4.63. The molecule has 3 rings (SSSR count). The molecular formula is C19H20N4. The molecule has 0 fully saturated rings. The molecule has 0 aliphatic carbocycles. The summed E-state index contributed by atoms with van der Waals surface area (Å²) < 4.78 is 0. The number of rotatable bonds is 6. The summed E-state index contributed by atoms with van der Waals surface area (Å²) in [6.07, 6.45) is 3.54. The fourth-order valence-corrected chi connectivity index (χ4v) is 2.49. The van der Waals surface area contributed by atoms with Crippen LogP contribution in [-0.2, 0) is 19.6 Å². The quantitative estimate of drug-likeness (QED) is 0.759. The number of hydrogen-bond acceptors (Lipinski definition) is 4. The average Bonchev–Trinajstić information content (AvgIpc) is 2.59. The average molecular weight is 304 g/mol. The van der Waals surface area contributed by atoms with Gasteiger partial charge in [-0.15, -0.1) is 0 Å². The van der Waals surface area contributed by atoms with Crippen molar-refractivity contribution >= 4 is 5.69 Å². The van der Waals surface area contributed by atoms with Crippen LogP contribution in [0.1, 0.15) is 17.0 Å². The van der Waals surface area contributed by atoms with Gasteiger partial charge < -0.3 is 5.73 Å². The molecule has 0 unspecified atom stereocenters. The van der Waals surface area contributed by atoms with Gasteiger partial charge in [0.1, 0.15) is 0 Å². The molecular weight excluding hydrogens is 284 g/mol. The minimum atomic E-state index is 0.688. The van der Waals surface area contributed by atoms with E-state index in [0.717, 1.165) is 31.0 Å². The summed E-state index contributed by atoms with van der Waals surface area (Å²) in [7, 11) is 0. The third-order valence-corrected chi connectivity index (χ3v) is 3.59. The van der Waals surface area contributed by atoms with Crippen LogP contribution in [0.2, 0.25) is 0 Å². The van der Waals surface area contributed by atoms with Crippen LogP contribution in [0.4, 0.5) is 5.69 Å². The lowest BCUT2D eigenvalue weighted by atomic mass is 10.2. The highest BCUT2D eigenvalue weighted by atomic mass is 15.1. The van der Waals surface area contributed by atoms with Gasteiger partial charge in [-0.05, 0) is 29.8 Å². The van der Waals surface area contributed by atoms with Crippen molar-refractivity contribution in [3.05, 3.63) is 90.0 Å². The van der Waals surface area contributed by atoms with Gasteiger partial charge in [-0.25, -0.2) is 0 Å². The van der Waals surface area contributed by atoms with E-state index in [4.69, 9.17) is 5.73 Å². The van der Waals surface area contributed by atoms with Crippen LogP contribution >= 0.6 is 0 Å². The number of nitrogens with two attached hydrogens (primary N) is 1. The minimum absolute atomic E-state index is 0.688. The summed E-state index contributed by atoms with van der Waals surface area (Å²) >= 11 is 0. The number of hydrogen-bond donors (Lipinski definition) is 1. The summed E-state index contributed by atoms with van der Waals surface area (Å²) in [5.41, 5.74) is 9.74. The largest absolute Gasteiger partial charge is 0.397 e. The first kappa shape index (κ1) is 15.2. The Morgan fingerprint density at radius 2 is 1.48 bits per heavy atom. The van der Waals surface area contributed by atoms with Crippen molar-refractivity contribution in [1.82, 2.24) is 14.9 Å². The Kier molecular flexibility index (Phi) is 4.96. The second-order valence-electron chi connectivity index (χ2n) is 5.53. The van der Waals surface area contributed by atoms with Crippen molar-refractivity contribution < 1.29 is 0 Å². The molecule has 0 aliphatic rings. The molecule has 0 bridgehead atoms. The van der Waals surface area contributed by atoms with Crippen LogP contribution in [-0.4, -0.2) is 14.9 Å². The van der Waals surface area contributed by atoms with Gasteiger partial charge >= 0.3 is 0 Å². The van der Waals surface area contributed by atoms with Crippen molar-refractivity contribution in [2.45, 2.75) is 19.6 Å². The molecule has 0 radical (unpaired) electrons. The Bertz CT molecular complexity index is 670. The van der Waals surface area contributed by atoms with E-state index in [1.165, 1.54) is 5.56 Å². The number of nitrogen functional groups attached to an aromatic ring is 1. The first-order valence-corrected chi connectivity index (χ1v) is 7.66. The standard InChI is InChI=1S/C19H20N4/c20-17-9-10-19(22-12-17)15-23(13-16-6-2-1-3-7-16)14-18-8-4-5-11-21-18/h1-12H,13-15,20H2. The van der Waals surface area contributed by atoms with E-state index in [9.17, 15) is 0 Å². The first-order chi connectivity index (χ1) is 11.3. The monoisotopic (exact) mass is 304 g/mol. The molecule has 0 atom stereocenters. The van der Waals surface area contributed by atoms with E-state index >= 15 is 0 Å². The fourth-order valence-electron chi connectivity index (χ4n) is 2.49. The number of nitrogens with zero attached hydrogens (tertiary/aromatic N) is 3. The Hall–Kier alpha value is -2.72. The molecule has 0 amide bonds. The molecule has 4 nitrogen and oxygen atoms in total. The van der Waals surface area contributed by atoms with Crippen molar-refractivity contribution in [2.75, 3.05) is 5.73 Å². The van der Waals surface area contributed by atoms with Crippen molar-refractivity contribution in [1.29, 1.82) is 0 Å². The molecule has 0 saturated heterocycles. The van der Waals surface area contributed by atoms with Crippen LogP contribution in [0.15, 0.2) is 73.1 Å². The predicted octanol–water partition coefficient (Wildman–Crippen LogP) is 3.26. The second kappa shape index (κ2) is 7.51. The SMILES string of the molecule is Nc1ccc(CN(Cc2ccccc2)Cc2ccccn2)nc1. The topological polar surface area (TPSA) is 55.0 Å². The lowest BCUT2D eigenvalue weighted by molar-refractivity contribution is 0.242. The van der Waals surface area contributed by atoms with E-state index in [0.29, 0.717) is 5.69 Å². The second-order valence-corrected chi connectivity index (χ2v) is 5.53. The number of aromatic nitrogens is 2. The van der Waals surface area contributed by atoms with Gasteiger partial charge in [0.15, 0.2) is 0 Å². The molecule has 23 heavy (non-hydrogen) atoms. The molecule has 2 aromatic heterocycles. The van der Waals surface area contributed by atoms with E-state index in [2.05, 4.69) is 45.2 Å². The van der Waals surface area contributed by atoms with Gasteiger partial charge in [-0.3, -0.25) is 14.9 Å².